The van der Waals surface area contributed by atoms with Gasteiger partial charge in [0.1, 0.15) is 5.71 Å². The molecule has 0 aromatic heterocycles. The van der Waals surface area contributed by atoms with Crippen molar-refractivity contribution in [3.63, 3.8) is 0 Å². The lowest BCUT2D eigenvalue weighted by Crippen LogP contribution is -2.52. The number of hydrogen-bond donors (Lipinski definition) is 1. The van der Waals surface area contributed by atoms with Crippen molar-refractivity contribution in [2.45, 2.75) is 33.1 Å². The summed E-state index contributed by atoms with van der Waals surface area (Å²) in [5, 5.41) is 3.86. The minimum Gasteiger partial charge on any atom is -0.335 e. The molecule has 2 heterocycles. The van der Waals surface area contributed by atoms with Gasteiger partial charge in [0.25, 0.3) is 11.8 Å². The van der Waals surface area contributed by atoms with E-state index >= 15 is 0 Å². The Labute approximate surface area is 159 Å². The SMILES string of the molecule is CC(C)Cc1ccc(C(=O)N2CCN(C(=O)C3=NNC(=O)CC3)CC2)cc1. The normalized spacial score (nSPS) is 17.6. The smallest absolute Gasteiger partial charge is 0.270 e. The number of benzene rings is 1. The lowest BCUT2D eigenvalue weighted by atomic mass is 10.0. The number of piperazine rings is 1. The lowest BCUT2D eigenvalue weighted by molar-refractivity contribution is -0.126. The summed E-state index contributed by atoms with van der Waals surface area (Å²) in [4.78, 5) is 39.8. The molecule has 0 saturated carbocycles. The predicted molar refractivity (Wildman–Crippen MR) is 102 cm³/mol. The summed E-state index contributed by atoms with van der Waals surface area (Å²) in [6, 6.07) is 7.80. The molecule has 1 aromatic carbocycles. The molecule has 0 atom stereocenters. The topological polar surface area (TPSA) is 82.1 Å². The van der Waals surface area contributed by atoms with E-state index in [1.165, 1.54) is 5.56 Å². The van der Waals surface area contributed by atoms with Gasteiger partial charge in [-0.3, -0.25) is 14.4 Å². The quantitative estimate of drug-likeness (QED) is 0.871. The van der Waals surface area contributed by atoms with Crippen LogP contribution in [0.3, 0.4) is 0 Å². The molecule has 1 saturated heterocycles. The summed E-state index contributed by atoms with van der Waals surface area (Å²) in [5.41, 5.74) is 4.65. The Morgan fingerprint density at radius 2 is 1.59 bits per heavy atom. The number of carbonyl (C=O) groups excluding carboxylic acids is 3. The van der Waals surface area contributed by atoms with Crippen molar-refractivity contribution in [3.8, 4) is 0 Å². The van der Waals surface area contributed by atoms with Crippen LogP contribution in [0.2, 0.25) is 0 Å². The van der Waals surface area contributed by atoms with Crippen LogP contribution in [0, 0.1) is 5.92 Å². The molecule has 7 heteroatoms. The Bertz CT molecular complexity index is 747. The van der Waals surface area contributed by atoms with Crippen molar-refractivity contribution in [1.82, 2.24) is 15.2 Å². The second-order valence-electron chi connectivity index (χ2n) is 7.47. The van der Waals surface area contributed by atoms with Gasteiger partial charge in [-0.1, -0.05) is 26.0 Å². The third-order valence-corrected chi connectivity index (χ3v) is 4.85. The van der Waals surface area contributed by atoms with E-state index in [2.05, 4.69) is 24.4 Å². The van der Waals surface area contributed by atoms with E-state index < -0.39 is 0 Å². The molecule has 2 aliphatic rings. The average molecular weight is 370 g/mol. The maximum atomic E-state index is 12.7. The van der Waals surface area contributed by atoms with Gasteiger partial charge >= 0.3 is 0 Å². The van der Waals surface area contributed by atoms with Crippen LogP contribution in [0.15, 0.2) is 29.4 Å². The zero-order valence-corrected chi connectivity index (χ0v) is 15.9. The number of hydrazone groups is 1. The second kappa shape index (κ2) is 8.33. The molecule has 1 fully saturated rings. The zero-order valence-electron chi connectivity index (χ0n) is 15.9. The monoisotopic (exact) mass is 370 g/mol. The molecule has 144 valence electrons. The first-order valence-corrected chi connectivity index (χ1v) is 9.47. The van der Waals surface area contributed by atoms with Crippen molar-refractivity contribution >= 4 is 23.4 Å². The molecule has 27 heavy (non-hydrogen) atoms. The van der Waals surface area contributed by atoms with E-state index in [-0.39, 0.29) is 24.1 Å². The Hall–Kier alpha value is -2.70. The van der Waals surface area contributed by atoms with Gasteiger partial charge in [0, 0.05) is 44.6 Å². The van der Waals surface area contributed by atoms with E-state index in [0.29, 0.717) is 49.8 Å². The van der Waals surface area contributed by atoms with Gasteiger partial charge in [0.2, 0.25) is 5.91 Å². The molecule has 3 amide bonds. The number of nitrogens with zero attached hydrogens (tertiary/aromatic N) is 3. The van der Waals surface area contributed by atoms with Gasteiger partial charge in [-0.05, 0) is 30.0 Å². The van der Waals surface area contributed by atoms with E-state index in [4.69, 9.17) is 0 Å². The van der Waals surface area contributed by atoms with Crippen LogP contribution in [0.1, 0.15) is 42.6 Å². The molecular formula is C20H26N4O3. The molecular weight excluding hydrogens is 344 g/mol. The fourth-order valence-electron chi connectivity index (χ4n) is 3.36. The van der Waals surface area contributed by atoms with E-state index in [9.17, 15) is 14.4 Å². The van der Waals surface area contributed by atoms with Crippen molar-refractivity contribution in [3.05, 3.63) is 35.4 Å². The first-order valence-electron chi connectivity index (χ1n) is 9.47. The molecule has 0 aliphatic carbocycles. The highest BCUT2D eigenvalue weighted by Gasteiger charge is 2.28. The minimum atomic E-state index is -0.165. The van der Waals surface area contributed by atoms with Gasteiger partial charge in [-0.25, -0.2) is 5.43 Å². The predicted octanol–water partition coefficient (Wildman–Crippen LogP) is 1.44. The summed E-state index contributed by atoms with van der Waals surface area (Å²) in [6.07, 6.45) is 1.65. The van der Waals surface area contributed by atoms with Crippen LogP contribution in [0.25, 0.3) is 0 Å². The highest BCUT2D eigenvalue weighted by Crippen LogP contribution is 2.14. The highest BCUT2D eigenvalue weighted by atomic mass is 16.2. The summed E-state index contributed by atoms with van der Waals surface area (Å²) in [5.74, 6) is 0.265. The van der Waals surface area contributed by atoms with Crippen molar-refractivity contribution in [2.75, 3.05) is 26.2 Å². The number of nitrogens with one attached hydrogen (secondary N) is 1. The molecule has 0 spiro atoms. The number of rotatable bonds is 4. The Morgan fingerprint density at radius 3 is 2.11 bits per heavy atom. The first-order chi connectivity index (χ1) is 12.9. The second-order valence-corrected chi connectivity index (χ2v) is 7.47. The molecule has 7 nitrogen and oxygen atoms in total. The van der Waals surface area contributed by atoms with E-state index in [1.54, 1.807) is 9.80 Å². The first kappa shape index (κ1) is 19.1. The largest absolute Gasteiger partial charge is 0.335 e. The molecule has 0 radical (unpaired) electrons. The van der Waals surface area contributed by atoms with Gasteiger partial charge in [-0.15, -0.1) is 0 Å². The summed E-state index contributed by atoms with van der Waals surface area (Å²) < 4.78 is 0. The van der Waals surface area contributed by atoms with Crippen molar-refractivity contribution in [1.29, 1.82) is 0 Å². The van der Waals surface area contributed by atoms with Crippen LogP contribution >= 0.6 is 0 Å². The van der Waals surface area contributed by atoms with Crippen LogP contribution in [0.4, 0.5) is 0 Å². The fourth-order valence-corrected chi connectivity index (χ4v) is 3.36. The molecule has 0 unspecified atom stereocenters. The Kier molecular flexibility index (Phi) is 5.88. The molecule has 0 bridgehead atoms. The maximum absolute atomic E-state index is 12.7. The number of carbonyl (C=O) groups is 3. The zero-order chi connectivity index (χ0) is 19.4. The maximum Gasteiger partial charge on any atom is 0.270 e. The van der Waals surface area contributed by atoms with Gasteiger partial charge < -0.3 is 9.80 Å². The molecule has 2 aliphatic heterocycles. The minimum absolute atomic E-state index is 0.000432. The van der Waals surface area contributed by atoms with Crippen molar-refractivity contribution < 1.29 is 14.4 Å². The molecule has 1 aromatic rings. The number of hydrogen-bond acceptors (Lipinski definition) is 4. The highest BCUT2D eigenvalue weighted by molar-refractivity contribution is 6.39. The van der Waals surface area contributed by atoms with Crippen molar-refractivity contribution in [2.24, 2.45) is 11.0 Å². The van der Waals surface area contributed by atoms with Gasteiger partial charge in [-0.2, -0.15) is 5.10 Å². The Balaban J connectivity index is 1.54. The van der Waals surface area contributed by atoms with Crippen LogP contribution in [0.5, 0.6) is 0 Å². The van der Waals surface area contributed by atoms with E-state index in [0.717, 1.165) is 6.42 Å². The standard InChI is InChI=1S/C20H26N4O3/c1-14(2)13-15-3-5-16(6-4-15)19(26)23-9-11-24(12-10-23)20(27)17-7-8-18(25)22-21-17/h3-6,14H,7-13H2,1-2H3,(H,22,25). The van der Waals surface area contributed by atoms with E-state index in [1.807, 2.05) is 24.3 Å². The summed E-state index contributed by atoms with van der Waals surface area (Å²) >= 11 is 0. The average Bonchev–Trinajstić information content (AvgIpc) is 2.68. The van der Waals surface area contributed by atoms with Gasteiger partial charge in [0.15, 0.2) is 0 Å². The molecule has 1 N–H and O–H groups in total. The third kappa shape index (κ3) is 4.72. The van der Waals surface area contributed by atoms with Crippen LogP contribution in [-0.4, -0.2) is 59.4 Å². The van der Waals surface area contributed by atoms with Crippen LogP contribution in [-0.2, 0) is 16.0 Å². The third-order valence-electron chi connectivity index (χ3n) is 4.85. The molecule has 3 rings (SSSR count). The fraction of sp³-hybridized carbons (Fsp3) is 0.500. The Morgan fingerprint density at radius 1 is 1.00 bits per heavy atom. The summed E-state index contributed by atoms with van der Waals surface area (Å²) in [7, 11) is 0. The van der Waals surface area contributed by atoms with Gasteiger partial charge in [0.05, 0.1) is 0 Å². The van der Waals surface area contributed by atoms with Crippen LogP contribution < -0.4 is 5.43 Å². The lowest BCUT2D eigenvalue weighted by Gasteiger charge is -2.35. The summed E-state index contributed by atoms with van der Waals surface area (Å²) in [6.45, 7) is 6.29. The number of amides is 3.